The first-order valence-electron chi connectivity index (χ1n) is 14.8. The standard InChI is InChI=1S/C31H43N5O5/c1-5-36-26-24(18-31(20-32-27(26)37)9-15-40-16-10-31)25(33-36)19-30(2,3)21-41-29(39)23-8-6-7-22(17-23)28(38)35-13-11-34(4)12-14-35/h6-8,17H,5,9-16,18-21H2,1-4H3,(H,32,37). The van der Waals surface area contributed by atoms with Gasteiger partial charge in [-0.25, -0.2) is 4.79 Å². The van der Waals surface area contributed by atoms with Gasteiger partial charge in [0.05, 0.1) is 17.9 Å². The van der Waals surface area contributed by atoms with Crippen LogP contribution in [0.15, 0.2) is 24.3 Å². The molecule has 4 heterocycles. The Balaban J connectivity index is 1.27. The third-order valence-electron chi connectivity index (χ3n) is 8.75. The van der Waals surface area contributed by atoms with Gasteiger partial charge in [-0.05, 0) is 56.8 Å². The van der Waals surface area contributed by atoms with Crippen LogP contribution in [0.2, 0.25) is 0 Å². The van der Waals surface area contributed by atoms with Crippen LogP contribution in [0.4, 0.5) is 0 Å². The number of piperazine rings is 1. The molecule has 10 heteroatoms. The van der Waals surface area contributed by atoms with Crippen molar-refractivity contribution in [1.82, 2.24) is 24.9 Å². The Morgan fingerprint density at radius 2 is 1.83 bits per heavy atom. The van der Waals surface area contributed by atoms with Gasteiger partial charge in [0.2, 0.25) is 0 Å². The predicted molar refractivity (Wildman–Crippen MR) is 154 cm³/mol. The van der Waals surface area contributed by atoms with Gasteiger partial charge in [-0.2, -0.15) is 5.10 Å². The van der Waals surface area contributed by atoms with Gasteiger partial charge in [-0.3, -0.25) is 14.3 Å². The molecular weight excluding hydrogens is 522 g/mol. The summed E-state index contributed by atoms with van der Waals surface area (Å²) in [6, 6.07) is 6.79. The molecule has 222 valence electrons. The van der Waals surface area contributed by atoms with Crippen LogP contribution in [-0.4, -0.2) is 97.0 Å². The molecule has 1 spiro atoms. The molecular formula is C31H43N5O5. The van der Waals surface area contributed by atoms with Gasteiger partial charge in [-0.1, -0.05) is 19.9 Å². The van der Waals surface area contributed by atoms with Crippen molar-refractivity contribution in [2.75, 3.05) is 59.6 Å². The Labute approximate surface area is 242 Å². The second-order valence-electron chi connectivity index (χ2n) is 12.7. The number of hydrogen-bond acceptors (Lipinski definition) is 7. The number of likely N-dealkylation sites (N-methyl/N-ethyl adjacent to an activating group) is 1. The molecule has 3 aliphatic rings. The highest BCUT2D eigenvalue weighted by Crippen LogP contribution is 2.39. The topological polar surface area (TPSA) is 106 Å². The van der Waals surface area contributed by atoms with Crippen molar-refractivity contribution in [3.63, 3.8) is 0 Å². The molecule has 0 radical (unpaired) electrons. The quantitative estimate of drug-likeness (QED) is 0.515. The Morgan fingerprint density at radius 1 is 1.12 bits per heavy atom. The second kappa shape index (κ2) is 11.9. The van der Waals surface area contributed by atoms with Gasteiger partial charge in [0.1, 0.15) is 5.69 Å². The Hall–Kier alpha value is -3.24. The van der Waals surface area contributed by atoms with Crippen LogP contribution < -0.4 is 5.32 Å². The lowest BCUT2D eigenvalue weighted by molar-refractivity contribution is 0.0159. The number of rotatable bonds is 7. The van der Waals surface area contributed by atoms with E-state index in [0.29, 0.717) is 62.6 Å². The first kappa shape index (κ1) is 29.3. The third kappa shape index (κ3) is 6.48. The average Bonchev–Trinajstić information content (AvgIpc) is 3.23. The molecule has 1 N–H and O–H groups in total. The number of aryl methyl sites for hydroxylation is 1. The molecule has 0 atom stereocenters. The van der Waals surface area contributed by atoms with E-state index in [2.05, 4.69) is 10.2 Å². The molecule has 0 unspecified atom stereocenters. The number of esters is 1. The number of amides is 2. The summed E-state index contributed by atoms with van der Waals surface area (Å²) in [5.74, 6) is -0.588. The fourth-order valence-electron chi connectivity index (χ4n) is 6.13. The van der Waals surface area contributed by atoms with E-state index in [0.717, 1.165) is 43.6 Å². The Bertz CT molecular complexity index is 1290. The van der Waals surface area contributed by atoms with Crippen LogP contribution in [0.5, 0.6) is 0 Å². The van der Waals surface area contributed by atoms with Gasteiger partial charge in [0.25, 0.3) is 11.8 Å². The van der Waals surface area contributed by atoms with Crippen molar-refractivity contribution in [2.45, 2.75) is 53.0 Å². The highest BCUT2D eigenvalue weighted by Gasteiger charge is 2.40. The summed E-state index contributed by atoms with van der Waals surface area (Å²) in [4.78, 5) is 43.3. The van der Waals surface area contributed by atoms with Crippen LogP contribution in [0.3, 0.4) is 0 Å². The molecule has 0 bridgehead atoms. The van der Waals surface area contributed by atoms with E-state index >= 15 is 0 Å². The fraction of sp³-hybridized carbons (Fsp3) is 0.613. The van der Waals surface area contributed by atoms with Gasteiger partial charge >= 0.3 is 5.97 Å². The summed E-state index contributed by atoms with van der Waals surface area (Å²) in [6.07, 6.45) is 3.16. The molecule has 5 rings (SSSR count). The van der Waals surface area contributed by atoms with Crippen molar-refractivity contribution in [1.29, 1.82) is 0 Å². The van der Waals surface area contributed by atoms with E-state index in [1.165, 1.54) is 0 Å². The van der Waals surface area contributed by atoms with Gasteiger partial charge < -0.3 is 24.6 Å². The molecule has 41 heavy (non-hydrogen) atoms. The molecule has 10 nitrogen and oxygen atoms in total. The molecule has 2 amide bonds. The minimum Gasteiger partial charge on any atom is -0.462 e. The summed E-state index contributed by atoms with van der Waals surface area (Å²) >= 11 is 0. The lowest BCUT2D eigenvalue weighted by Gasteiger charge is -2.36. The van der Waals surface area contributed by atoms with E-state index in [-0.39, 0.29) is 23.8 Å². The maximum absolute atomic E-state index is 13.2. The summed E-state index contributed by atoms with van der Waals surface area (Å²) in [6.45, 7) is 11.9. The maximum atomic E-state index is 13.2. The predicted octanol–water partition coefficient (Wildman–Crippen LogP) is 2.80. The summed E-state index contributed by atoms with van der Waals surface area (Å²) in [5.41, 5.74) is 2.97. The number of nitrogens with zero attached hydrogens (tertiary/aromatic N) is 4. The second-order valence-corrected chi connectivity index (χ2v) is 12.7. The molecule has 1 aromatic heterocycles. The molecule has 0 saturated carbocycles. The lowest BCUT2D eigenvalue weighted by Crippen LogP contribution is -2.47. The van der Waals surface area contributed by atoms with E-state index in [1.807, 2.05) is 37.4 Å². The van der Waals surface area contributed by atoms with Crippen LogP contribution in [0.25, 0.3) is 0 Å². The minimum absolute atomic E-state index is 0.0291. The monoisotopic (exact) mass is 565 g/mol. The molecule has 1 aromatic carbocycles. The number of hydrogen-bond donors (Lipinski definition) is 1. The number of aromatic nitrogens is 2. The number of carbonyl (C=O) groups is 3. The smallest absolute Gasteiger partial charge is 0.338 e. The highest BCUT2D eigenvalue weighted by atomic mass is 16.5. The first-order chi connectivity index (χ1) is 19.6. The zero-order chi connectivity index (χ0) is 29.2. The van der Waals surface area contributed by atoms with Crippen LogP contribution in [-0.2, 0) is 28.9 Å². The zero-order valence-electron chi connectivity index (χ0n) is 24.8. The minimum atomic E-state index is -0.454. The lowest BCUT2D eigenvalue weighted by atomic mass is 9.74. The van der Waals surface area contributed by atoms with E-state index < -0.39 is 11.4 Å². The fourth-order valence-corrected chi connectivity index (χ4v) is 6.13. The number of fused-ring (bicyclic) bond motifs is 1. The highest BCUT2D eigenvalue weighted by molar-refractivity contribution is 5.98. The number of benzene rings is 1. The number of ether oxygens (including phenoxy) is 2. The molecule has 2 saturated heterocycles. The molecule has 0 aliphatic carbocycles. The van der Waals surface area contributed by atoms with Crippen molar-refractivity contribution < 1.29 is 23.9 Å². The van der Waals surface area contributed by atoms with Gasteiger partial charge in [-0.15, -0.1) is 0 Å². The molecule has 2 fully saturated rings. The average molecular weight is 566 g/mol. The van der Waals surface area contributed by atoms with Gasteiger partial charge in [0.15, 0.2) is 0 Å². The first-order valence-corrected chi connectivity index (χ1v) is 14.8. The van der Waals surface area contributed by atoms with E-state index in [9.17, 15) is 14.4 Å². The van der Waals surface area contributed by atoms with Crippen molar-refractivity contribution in [3.8, 4) is 0 Å². The van der Waals surface area contributed by atoms with Gasteiger partial charge in [0, 0.05) is 75.4 Å². The summed E-state index contributed by atoms with van der Waals surface area (Å²) < 4.78 is 13.2. The number of carbonyl (C=O) groups excluding carboxylic acids is 3. The number of nitrogens with one attached hydrogen (secondary N) is 1. The molecule has 3 aliphatic heterocycles. The molecule has 2 aromatic rings. The Morgan fingerprint density at radius 3 is 2.54 bits per heavy atom. The van der Waals surface area contributed by atoms with Crippen LogP contribution >= 0.6 is 0 Å². The summed E-state index contributed by atoms with van der Waals surface area (Å²) in [5, 5.41) is 8.02. The SMILES string of the molecule is CCn1nc(CC(C)(C)COC(=O)c2cccc(C(=O)N3CCN(C)CC3)c2)c2c1C(=O)NCC1(CCOCC1)C2. The van der Waals surface area contributed by atoms with Crippen LogP contribution in [0.1, 0.15) is 76.1 Å². The van der Waals surface area contributed by atoms with Crippen LogP contribution in [0, 0.1) is 10.8 Å². The maximum Gasteiger partial charge on any atom is 0.338 e. The van der Waals surface area contributed by atoms with Crippen molar-refractivity contribution >= 4 is 17.8 Å². The van der Waals surface area contributed by atoms with E-state index in [1.54, 1.807) is 24.3 Å². The largest absolute Gasteiger partial charge is 0.462 e. The zero-order valence-corrected chi connectivity index (χ0v) is 24.8. The Kier molecular flexibility index (Phi) is 8.52. The normalized spacial score (nSPS) is 19.4. The summed E-state index contributed by atoms with van der Waals surface area (Å²) in [7, 11) is 2.05. The third-order valence-corrected chi connectivity index (χ3v) is 8.75. The van der Waals surface area contributed by atoms with Crippen molar-refractivity contribution in [2.24, 2.45) is 10.8 Å². The van der Waals surface area contributed by atoms with E-state index in [4.69, 9.17) is 14.6 Å². The van der Waals surface area contributed by atoms with Crippen molar-refractivity contribution in [3.05, 3.63) is 52.3 Å².